The number of nitro groups is 1. The lowest BCUT2D eigenvalue weighted by molar-refractivity contribution is -0.387. The molecule has 0 aliphatic carbocycles. The molecular weight excluding hydrogens is 235 g/mol. The van der Waals surface area contributed by atoms with Gasteiger partial charge in [0, 0.05) is 11.6 Å². The predicted octanol–water partition coefficient (Wildman–Crippen LogP) is 3.27. The highest BCUT2D eigenvalue weighted by molar-refractivity contribution is 5.68. The second kappa shape index (κ2) is 4.63. The Hall–Kier alpha value is -2.74. The van der Waals surface area contributed by atoms with Crippen molar-refractivity contribution in [2.45, 2.75) is 0 Å². The Morgan fingerprint density at radius 3 is 2.61 bits per heavy atom. The Bertz CT molecular complexity index is 662. The fourth-order valence-corrected chi connectivity index (χ4v) is 1.64. The maximum absolute atomic E-state index is 13.9. The van der Waals surface area contributed by atoms with Crippen molar-refractivity contribution in [2.24, 2.45) is 0 Å². The van der Waals surface area contributed by atoms with Gasteiger partial charge in [-0.1, -0.05) is 24.3 Å². The van der Waals surface area contributed by atoms with Gasteiger partial charge in [-0.25, -0.2) is 0 Å². The van der Waals surface area contributed by atoms with Gasteiger partial charge in [-0.3, -0.25) is 10.1 Å². The number of halogens is 1. The van der Waals surface area contributed by atoms with Gasteiger partial charge >= 0.3 is 5.69 Å². The van der Waals surface area contributed by atoms with Crippen molar-refractivity contribution in [3.63, 3.8) is 0 Å². The normalized spacial score (nSPS) is 9.78. The van der Waals surface area contributed by atoms with Crippen LogP contribution in [0.3, 0.4) is 0 Å². The molecule has 0 unspecified atom stereocenters. The molecule has 0 heterocycles. The summed E-state index contributed by atoms with van der Waals surface area (Å²) >= 11 is 0. The van der Waals surface area contributed by atoms with Crippen LogP contribution >= 0.6 is 0 Å². The van der Waals surface area contributed by atoms with Gasteiger partial charge in [0.1, 0.15) is 0 Å². The first-order valence-electron chi connectivity index (χ1n) is 5.07. The first-order valence-corrected chi connectivity index (χ1v) is 5.07. The molecule has 2 rings (SSSR count). The number of rotatable bonds is 2. The second-order valence-electron chi connectivity index (χ2n) is 3.59. The van der Waals surface area contributed by atoms with Crippen LogP contribution in [0.2, 0.25) is 0 Å². The molecule has 0 saturated carbocycles. The van der Waals surface area contributed by atoms with Crippen molar-refractivity contribution in [1.29, 1.82) is 5.26 Å². The molecule has 0 atom stereocenters. The highest BCUT2D eigenvalue weighted by atomic mass is 19.1. The number of nitrogens with zero attached hydrogens (tertiary/aromatic N) is 2. The van der Waals surface area contributed by atoms with E-state index in [4.69, 9.17) is 5.26 Å². The molecule has 0 N–H and O–H groups in total. The molecule has 0 fully saturated rings. The van der Waals surface area contributed by atoms with E-state index in [-0.39, 0.29) is 5.56 Å². The summed E-state index contributed by atoms with van der Waals surface area (Å²) in [5, 5.41) is 19.4. The van der Waals surface area contributed by atoms with Crippen LogP contribution in [0.4, 0.5) is 10.1 Å². The van der Waals surface area contributed by atoms with Gasteiger partial charge in [0.25, 0.3) is 0 Å². The molecule has 0 saturated heterocycles. The topological polar surface area (TPSA) is 66.9 Å². The van der Waals surface area contributed by atoms with Gasteiger partial charge in [0.2, 0.25) is 5.82 Å². The minimum atomic E-state index is -0.891. The first kappa shape index (κ1) is 11.7. The molecule has 4 nitrogen and oxygen atoms in total. The molecular formula is C13H7FN2O2. The summed E-state index contributed by atoms with van der Waals surface area (Å²) in [4.78, 5) is 9.87. The minimum Gasteiger partial charge on any atom is -0.258 e. The molecule has 2 aromatic carbocycles. The fourth-order valence-electron chi connectivity index (χ4n) is 1.64. The van der Waals surface area contributed by atoms with E-state index in [1.165, 1.54) is 18.2 Å². The van der Waals surface area contributed by atoms with Gasteiger partial charge in [0.15, 0.2) is 0 Å². The molecule has 0 aliphatic rings. The molecule has 0 radical (unpaired) electrons. The van der Waals surface area contributed by atoms with Crippen LogP contribution < -0.4 is 0 Å². The summed E-state index contributed by atoms with van der Waals surface area (Å²) in [5.41, 5.74) is 0.352. The van der Waals surface area contributed by atoms with Crippen molar-refractivity contribution >= 4 is 5.69 Å². The molecule has 2 aromatic rings. The minimum absolute atomic E-state index is 0.112. The average Bonchev–Trinajstić information content (AvgIpc) is 2.38. The molecule has 18 heavy (non-hydrogen) atoms. The smallest absolute Gasteiger partial charge is 0.258 e. The number of hydrogen-bond donors (Lipinski definition) is 0. The number of hydrogen-bond acceptors (Lipinski definition) is 3. The second-order valence-corrected chi connectivity index (χ2v) is 3.59. The first-order chi connectivity index (χ1) is 8.63. The lowest BCUT2D eigenvalue weighted by atomic mass is 10.0. The molecule has 88 valence electrons. The van der Waals surface area contributed by atoms with Crippen molar-refractivity contribution in [1.82, 2.24) is 0 Å². The standard InChI is InChI=1S/C13H7FN2O2/c14-13-11(5-2-6-12(13)16(17)18)10-4-1-3-9(7-10)8-15/h1-7H. The molecule has 0 bridgehead atoms. The van der Waals surface area contributed by atoms with Crippen LogP contribution in [0.1, 0.15) is 5.56 Å². The summed E-state index contributed by atoms with van der Waals surface area (Å²) in [6.07, 6.45) is 0. The van der Waals surface area contributed by atoms with Crippen LogP contribution in [-0.2, 0) is 0 Å². The van der Waals surface area contributed by atoms with Crippen LogP contribution in [0, 0.1) is 27.3 Å². The molecule has 0 amide bonds. The van der Waals surface area contributed by atoms with Gasteiger partial charge in [-0.15, -0.1) is 0 Å². The highest BCUT2D eigenvalue weighted by Gasteiger charge is 2.18. The van der Waals surface area contributed by atoms with Gasteiger partial charge < -0.3 is 0 Å². The van der Waals surface area contributed by atoms with Crippen molar-refractivity contribution in [3.8, 4) is 17.2 Å². The van der Waals surface area contributed by atoms with E-state index in [2.05, 4.69) is 0 Å². The highest BCUT2D eigenvalue weighted by Crippen LogP contribution is 2.29. The third-order valence-corrected chi connectivity index (χ3v) is 2.48. The van der Waals surface area contributed by atoms with Gasteiger partial charge in [-0.2, -0.15) is 9.65 Å². The maximum Gasteiger partial charge on any atom is 0.305 e. The Morgan fingerprint density at radius 1 is 1.22 bits per heavy atom. The Labute approximate surface area is 102 Å². The Kier molecular flexibility index (Phi) is 3.02. The lowest BCUT2D eigenvalue weighted by Gasteiger charge is -2.04. The Morgan fingerprint density at radius 2 is 1.94 bits per heavy atom. The number of nitriles is 1. The van der Waals surface area contributed by atoms with Crippen LogP contribution in [-0.4, -0.2) is 4.92 Å². The van der Waals surface area contributed by atoms with Crippen LogP contribution in [0.25, 0.3) is 11.1 Å². The van der Waals surface area contributed by atoms with E-state index < -0.39 is 16.4 Å². The Balaban J connectivity index is 2.61. The van der Waals surface area contributed by atoms with E-state index in [0.29, 0.717) is 11.1 Å². The molecule has 5 heteroatoms. The SMILES string of the molecule is N#Cc1cccc(-c2cccc([N+](=O)[O-])c2F)c1. The van der Waals surface area contributed by atoms with E-state index in [1.54, 1.807) is 18.2 Å². The average molecular weight is 242 g/mol. The van der Waals surface area contributed by atoms with E-state index >= 15 is 0 Å². The zero-order valence-electron chi connectivity index (χ0n) is 9.13. The quantitative estimate of drug-likeness (QED) is 0.599. The summed E-state index contributed by atoms with van der Waals surface area (Å²) in [6.45, 7) is 0. The van der Waals surface area contributed by atoms with Crippen molar-refractivity contribution < 1.29 is 9.31 Å². The van der Waals surface area contributed by atoms with Gasteiger partial charge in [-0.05, 0) is 17.7 Å². The zero-order chi connectivity index (χ0) is 13.1. The van der Waals surface area contributed by atoms with E-state index in [0.717, 1.165) is 6.07 Å². The molecule has 0 aromatic heterocycles. The number of benzene rings is 2. The summed E-state index contributed by atoms with van der Waals surface area (Å²) in [5.74, 6) is -0.891. The van der Waals surface area contributed by atoms with Crippen molar-refractivity contribution in [2.75, 3.05) is 0 Å². The largest absolute Gasteiger partial charge is 0.305 e. The maximum atomic E-state index is 13.9. The molecule has 0 spiro atoms. The van der Waals surface area contributed by atoms with Crippen LogP contribution in [0.15, 0.2) is 42.5 Å². The zero-order valence-corrected chi connectivity index (χ0v) is 9.13. The lowest BCUT2D eigenvalue weighted by Crippen LogP contribution is -1.94. The number of nitro benzene ring substituents is 1. The van der Waals surface area contributed by atoms with E-state index in [1.807, 2.05) is 6.07 Å². The summed E-state index contributed by atoms with van der Waals surface area (Å²) < 4.78 is 13.9. The third kappa shape index (κ3) is 2.04. The fraction of sp³-hybridized carbons (Fsp3) is 0. The molecule has 0 aliphatic heterocycles. The van der Waals surface area contributed by atoms with E-state index in [9.17, 15) is 14.5 Å². The summed E-state index contributed by atoms with van der Waals surface area (Å²) in [6, 6.07) is 12.2. The summed E-state index contributed by atoms with van der Waals surface area (Å²) in [7, 11) is 0. The third-order valence-electron chi connectivity index (χ3n) is 2.48. The monoisotopic (exact) mass is 242 g/mol. The van der Waals surface area contributed by atoms with Crippen molar-refractivity contribution in [3.05, 3.63) is 64.0 Å². The predicted molar refractivity (Wildman–Crippen MR) is 63.2 cm³/mol. The van der Waals surface area contributed by atoms with Crippen LogP contribution in [0.5, 0.6) is 0 Å². The van der Waals surface area contributed by atoms with Gasteiger partial charge in [0.05, 0.1) is 16.6 Å².